The molecule has 27 heavy (non-hydrogen) atoms. The third-order valence-corrected chi connectivity index (χ3v) is 4.39. The zero-order chi connectivity index (χ0) is 19.0. The largest absolute Gasteiger partial charge is 0.508 e. The van der Waals surface area contributed by atoms with E-state index in [1.165, 1.54) is 36.4 Å². The van der Waals surface area contributed by atoms with Crippen molar-refractivity contribution in [2.24, 2.45) is 0 Å². The maximum Gasteiger partial charge on any atom is 0.196 e. The standard InChI is InChI=1S/C22H15FO4/c23-15-5-10-20-18(12-15)21(26)19(11-13-1-6-16(24)7-2-13)22(27-20)14-3-8-17(25)9-4-14/h1-12,22,24-25H/b19-11-. The monoisotopic (exact) mass is 362 g/mol. The lowest BCUT2D eigenvalue weighted by molar-refractivity contribution is 0.0962. The molecule has 5 heteroatoms. The maximum absolute atomic E-state index is 13.6. The summed E-state index contributed by atoms with van der Waals surface area (Å²) in [4.78, 5) is 13.1. The van der Waals surface area contributed by atoms with E-state index in [-0.39, 0.29) is 22.8 Å². The first-order chi connectivity index (χ1) is 13.0. The van der Waals surface area contributed by atoms with E-state index in [2.05, 4.69) is 0 Å². The Balaban J connectivity index is 1.85. The second-order valence-corrected chi connectivity index (χ2v) is 6.25. The van der Waals surface area contributed by atoms with E-state index in [1.54, 1.807) is 30.3 Å². The van der Waals surface area contributed by atoms with Gasteiger partial charge in [-0.1, -0.05) is 24.3 Å². The molecule has 4 rings (SSSR count). The van der Waals surface area contributed by atoms with E-state index in [0.29, 0.717) is 22.4 Å². The molecular formula is C22H15FO4. The van der Waals surface area contributed by atoms with Crippen LogP contribution in [0.4, 0.5) is 4.39 Å². The second-order valence-electron chi connectivity index (χ2n) is 6.25. The molecule has 0 radical (unpaired) electrons. The Bertz CT molecular complexity index is 1040. The molecule has 0 fully saturated rings. The zero-order valence-electron chi connectivity index (χ0n) is 14.1. The molecule has 0 spiro atoms. The predicted molar refractivity (Wildman–Crippen MR) is 98.3 cm³/mol. The SMILES string of the molecule is O=C1/C(=C/c2ccc(O)cc2)C(c2ccc(O)cc2)Oc2ccc(F)cc21. The quantitative estimate of drug-likeness (QED) is 0.652. The van der Waals surface area contributed by atoms with Gasteiger partial charge in [-0.25, -0.2) is 4.39 Å². The summed E-state index contributed by atoms with van der Waals surface area (Å²) in [6.07, 6.45) is 0.956. The smallest absolute Gasteiger partial charge is 0.196 e. The highest BCUT2D eigenvalue weighted by atomic mass is 19.1. The average Bonchev–Trinajstić information content (AvgIpc) is 2.67. The summed E-state index contributed by atoms with van der Waals surface area (Å²) >= 11 is 0. The number of phenolic OH excluding ortho intramolecular Hbond substituents is 2. The number of hydrogen-bond donors (Lipinski definition) is 2. The summed E-state index contributed by atoms with van der Waals surface area (Å²) in [5, 5.41) is 19.0. The lowest BCUT2D eigenvalue weighted by atomic mass is 9.89. The van der Waals surface area contributed by atoms with Crippen LogP contribution in [0.2, 0.25) is 0 Å². The number of carbonyl (C=O) groups is 1. The number of rotatable bonds is 2. The van der Waals surface area contributed by atoms with E-state index < -0.39 is 11.9 Å². The molecule has 1 atom stereocenters. The van der Waals surface area contributed by atoms with Crippen LogP contribution in [-0.2, 0) is 0 Å². The Morgan fingerprint density at radius 2 is 1.52 bits per heavy atom. The Hall–Kier alpha value is -3.60. The molecule has 1 aliphatic rings. The van der Waals surface area contributed by atoms with Crippen molar-refractivity contribution in [3.05, 3.63) is 94.8 Å². The molecule has 0 aromatic heterocycles. The third kappa shape index (κ3) is 3.27. The number of Topliss-reactive ketones (excluding diaryl/α,β-unsaturated/α-hetero) is 1. The first kappa shape index (κ1) is 16.8. The zero-order valence-corrected chi connectivity index (χ0v) is 14.1. The molecule has 0 bridgehead atoms. The Labute approximate surface area is 154 Å². The summed E-state index contributed by atoms with van der Waals surface area (Å²) < 4.78 is 19.7. The van der Waals surface area contributed by atoms with E-state index in [1.807, 2.05) is 0 Å². The van der Waals surface area contributed by atoms with Crippen molar-refractivity contribution < 1.29 is 24.1 Å². The fourth-order valence-corrected chi connectivity index (χ4v) is 3.04. The lowest BCUT2D eigenvalue weighted by Gasteiger charge is -2.28. The van der Waals surface area contributed by atoms with Crippen LogP contribution in [0.3, 0.4) is 0 Å². The molecule has 3 aromatic carbocycles. The number of aromatic hydroxyl groups is 2. The summed E-state index contributed by atoms with van der Waals surface area (Å²) in [7, 11) is 0. The molecule has 1 unspecified atom stereocenters. The number of fused-ring (bicyclic) bond motifs is 1. The van der Waals surface area contributed by atoms with Gasteiger partial charge in [0.2, 0.25) is 0 Å². The highest BCUT2D eigenvalue weighted by Gasteiger charge is 2.33. The molecule has 3 aromatic rings. The van der Waals surface area contributed by atoms with Crippen molar-refractivity contribution in [2.75, 3.05) is 0 Å². The van der Waals surface area contributed by atoms with Crippen LogP contribution in [0.1, 0.15) is 27.6 Å². The Morgan fingerprint density at radius 3 is 2.19 bits per heavy atom. The molecular weight excluding hydrogens is 347 g/mol. The van der Waals surface area contributed by atoms with Gasteiger partial charge in [0, 0.05) is 5.57 Å². The van der Waals surface area contributed by atoms with Crippen molar-refractivity contribution in [3.8, 4) is 17.2 Å². The van der Waals surface area contributed by atoms with Crippen molar-refractivity contribution in [3.63, 3.8) is 0 Å². The first-order valence-electron chi connectivity index (χ1n) is 8.32. The van der Waals surface area contributed by atoms with Crippen LogP contribution in [0.15, 0.2) is 72.3 Å². The summed E-state index contributed by atoms with van der Waals surface area (Å²) in [6, 6.07) is 16.6. The number of phenols is 2. The summed E-state index contributed by atoms with van der Waals surface area (Å²) in [6.45, 7) is 0. The highest BCUT2D eigenvalue weighted by molar-refractivity contribution is 6.14. The number of hydrogen-bond acceptors (Lipinski definition) is 4. The minimum atomic E-state index is -0.704. The number of halogens is 1. The third-order valence-electron chi connectivity index (χ3n) is 4.39. The summed E-state index contributed by atoms with van der Waals surface area (Å²) in [5.41, 5.74) is 1.88. The van der Waals surface area contributed by atoms with Gasteiger partial charge < -0.3 is 14.9 Å². The fraction of sp³-hybridized carbons (Fsp3) is 0.0455. The Kier molecular flexibility index (Phi) is 4.12. The number of ether oxygens (including phenoxy) is 1. The van der Waals surface area contributed by atoms with Gasteiger partial charge in [0.05, 0.1) is 5.56 Å². The summed E-state index contributed by atoms with van der Waals surface area (Å²) in [5.74, 6) is -0.319. The lowest BCUT2D eigenvalue weighted by Crippen LogP contribution is -2.24. The average molecular weight is 362 g/mol. The van der Waals surface area contributed by atoms with Gasteiger partial charge in [0.25, 0.3) is 0 Å². The van der Waals surface area contributed by atoms with Crippen molar-refractivity contribution >= 4 is 11.9 Å². The van der Waals surface area contributed by atoms with Gasteiger partial charge in [-0.15, -0.1) is 0 Å². The molecule has 1 heterocycles. The number of carbonyl (C=O) groups excluding carboxylic acids is 1. The molecule has 0 amide bonds. The molecule has 134 valence electrons. The second kappa shape index (κ2) is 6.61. The molecule has 1 aliphatic heterocycles. The van der Waals surface area contributed by atoms with E-state index >= 15 is 0 Å². The first-order valence-corrected chi connectivity index (χ1v) is 8.32. The Morgan fingerprint density at radius 1 is 0.889 bits per heavy atom. The minimum Gasteiger partial charge on any atom is -0.508 e. The van der Waals surface area contributed by atoms with Crippen molar-refractivity contribution in [2.45, 2.75) is 6.10 Å². The highest BCUT2D eigenvalue weighted by Crippen LogP contribution is 2.40. The van der Waals surface area contributed by atoms with Gasteiger partial charge in [0.15, 0.2) is 11.9 Å². The van der Waals surface area contributed by atoms with Crippen LogP contribution in [0.25, 0.3) is 6.08 Å². The van der Waals surface area contributed by atoms with Gasteiger partial charge in [-0.05, 0) is 59.7 Å². The van der Waals surface area contributed by atoms with Gasteiger partial charge in [-0.3, -0.25) is 4.79 Å². The van der Waals surface area contributed by atoms with E-state index in [4.69, 9.17) is 4.74 Å². The van der Waals surface area contributed by atoms with Gasteiger partial charge >= 0.3 is 0 Å². The van der Waals surface area contributed by atoms with Crippen LogP contribution >= 0.6 is 0 Å². The van der Waals surface area contributed by atoms with Crippen LogP contribution in [0, 0.1) is 5.82 Å². The fourth-order valence-electron chi connectivity index (χ4n) is 3.04. The van der Waals surface area contributed by atoms with E-state index in [0.717, 1.165) is 6.07 Å². The van der Waals surface area contributed by atoms with Gasteiger partial charge in [-0.2, -0.15) is 0 Å². The normalized spacial score (nSPS) is 17.4. The molecule has 4 nitrogen and oxygen atoms in total. The van der Waals surface area contributed by atoms with Crippen molar-refractivity contribution in [1.29, 1.82) is 0 Å². The number of ketones is 1. The topological polar surface area (TPSA) is 66.8 Å². The number of benzene rings is 3. The van der Waals surface area contributed by atoms with Crippen molar-refractivity contribution in [1.82, 2.24) is 0 Å². The van der Waals surface area contributed by atoms with Gasteiger partial charge in [0.1, 0.15) is 23.1 Å². The maximum atomic E-state index is 13.6. The van der Waals surface area contributed by atoms with Crippen LogP contribution < -0.4 is 4.74 Å². The minimum absolute atomic E-state index is 0.104. The predicted octanol–water partition coefficient (Wildman–Crippen LogP) is 4.64. The van der Waals surface area contributed by atoms with Crippen LogP contribution in [-0.4, -0.2) is 16.0 Å². The molecule has 2 N–H and O–H groups in total. The molecule has 0 saturated carbocycles. The van der Waals surface area contributed by atoms with E-state index in [9.17, 15) is 19.4 Å². The molecule has 0 aliphatic carbocycles. The molecule has 0 saturated heterocycles. The van der Waals surface area contributed by atoms with Crippen LogP contribution in [0.5, 0.6) is 17.2 Å².